The van der Waals surface area contributed by atoms with E-state index in [0.717, 1.165) is 76.2 Å². The second-order valence-corrected chi connectivity index (χ2v) is 46.6. The zero-order chi connectivity index (χ0) is 47.5. The molecule has 1 saturated heterocycles. The van der Waals surface area contributed by atoms with E-state index in [1.807, 2.05) is 13.0 Å². The first-order chi connectivity index (χ1) is 29.1. The van der Waals surface area contributed by atoms with E-state index in [0.29, 0.717) is 6.42 Å². The molecule has 0 unspecified atom stereocenters. The van der Waals surface area contributed by atoms with Gasteiger partial charge in [0.15, 0.2) is 41.6 Å². The van der Waals surface area contributed by atoms with Gasteiger partial charge in [0.05, 0.1) is 30.5 Å². The van der Waals surface area contributed by atoms with Crippen LogP contribution in [0.15, 0.2) is 11.6 Å². The molecule has 0 radical (unpaired) electrons. The van der Waals surface area contributed by atoms with Crippen molar-refractivity contribution in [3.63, 3.8) is 0 Å². The number of hydrogen-bond acceptors (Lipinski definition) is 8. The van der Waals surface area contributed by atoms with E-state index in [9.17, 15) is 4.79 Å². The molecule has 0 saturated carbocycles. The van der Waals surface area contributed by atoms with Crippen molar-refractivity contribution in [1.29, 1.82) is 0 Å². The standard InChI is InChI=1S/C50H104O8Si5/c1-18-19-20-21-22-23-24-25-26-30-33-47(56-61(9,10)11)49(58-63(15,16)17)37-36-48(57-62(12,13)14)46-35-34-43(53-46)40-45(55-60(6,7)8)32-29-27-28-31-44(54-59(3,4)5)39-42-38-41(2)52-50(42)51/h38,41,43-49H,18-37,39-40H2,1-17H3/t41-,43-,44+,45+,46-,47-,48-,49-/m0/s1. The SMILES string of the molecule is CCCCCCCCCCCC[C@H](O[Si](C)(C)C)[C@H](CC[C@H](O[Si](C)(C)C)[C@@H]1CC[C@@H](C[C@@H](CCCCC[C@H](CC2=C[C@H](C)OC2=O)O[Si](C)(C)C)O[Si](C)(C)C)O1)O[Si](C)(C)C. The summed E-state index contributed by atoms with van der Waals surface area (Å²) in [6.07, 6.45) is 28.1. The van der Waals surface area contributed by atoms with E-state index in [1.165, 1.54) is 64.2 Å². The predicted octanol–water partition coefficient (Wildman–Crippen LogP) is 15.3. The molecule has 0 bridgehead atoms. The smallest absolute Gasteiger partial charge is 0.334 e. The van der Waals surface area contributed by atoms with Gasteiger partial charge in [-0.25, -0.2) is 4.79 Å². The molecular formula is C50H104O8Si5. The highest BCUT2D eigenvalue weighted by molar-refractivity contribution is 6.71. The van der Waals surface area contributed by atoms with E-state index in [4.69, 9.17) is 31.6 Å². The number of carbonyl (C=O) groups is 1. The quantitative estimate of drug-likeness (QED) is 0.0349. The molecule has 2 rings (SSSR count). The summed E-state index contributed by atoms with van der Waals surface area (Å²) in [6, 6.07) is 0. The van der Waals surface area contributed by atoms with Crippen LogP contribution >= 0.6 is 0 Å². The van der Waals surface area contributed by atoms with Crippen LogP contribution in [0.25, 0.3) is 0 Å². The molecule has 2 aliphatic rings. The normalized spacial score (nSPS) is 21.6. The fraction of sp³-hybridized carbons (Fsp3) is 0.940. The van der Waals surface area contributed by atoms with E-state index >= 15 is 0 Å². The number of unbranched alkanes of at least 4 members (excludes halogenated alkanes) is 11. The van der Waals surface area contributed by atoms with Crippen molar-refractivity contribution in [1.82, 2.24) is 0 Å². The van der Waals surface area contributed by atoms with Gasteiger partial charge >= 0.3 is 5.97 Å². The Bertz CT molecular complexity index is 1280. The fourth-order valence-electron chi connectivity index (χ4n) is 9.33. The minimum Gasteiger partial charge on any atom is -0.455 e. The number of rotatable bonds is 36. The lowest BCUT2D eigenvalue weighted by atomic mass is 9.97. The molecule has 0 amide bonds. The Morgan fingerprint density at radius 2 is 0.984 bits per heavy atom. The molecule has 1 fully saturated rings. The van der Waals surface area contributed by atoms with Gasteiger partial charge in [-0.05, 0) is 163 Å². The maximum Gasteiger partial charge on any atom is 0.334 e. The van der Waals surface area contributed by atoms with Crippen molar-refractivity contribution >= 4 is 47.6 Å². The molecule has 0 aromatic rings. The third-order valence-corrected chi connectivity index (χ3v) is 16.7. The number of ether oxygens (including phenoxy) is 2. The van der Waals surface area contributed by atoms with Crippen LogP contribution < -0.4 is 0 Å². The van der Waals surface area contributed by atoms with Crippen molar-refractivity contribution in [2.75, 3.05) is 0 Å². The largest absolute Gasteiger partial charge is 0.455 e. The average molecular weight is 974 g/mol. The zero-order valence-corrected chi connectivity index (χ0v) is 49.5. The minimum atomic E-state index is -1.86. The molecule has 372 valence electrons. The van der Waals surface area contributed by atoms with Gasteiger partial charge in [0.1, 0.15) is 6.10 Å². The summed E-state index contributed by atoms with van der Waals surface area (Å²) in [6.45, 7) is 38.8. The van der Waals surface area contributed by atoms with Crippen molar-refractivity contribution in [3.05, 3.63) is 11.6 Å². The Morgan fingerprint density at radius 1 is 0.540 bits per heavy atom. The molecule has 0 aromatic carbocycles. The third-order valence-electron chi connectivity index (χ3n) is 11.6. The molecule has 63 heavy (non-hydrogen) atoms. The molecule has 0 aromatic heterocycles. The van der Waals surface area contributed by atoms with Crippen LogP contribution in [0.5, 0.6) is 0 Å². The third kappa shape index (κ3) is 29.5. The highest BCUT2D eigenvalue weighted by atomic mass is 28.4. The number of carbonyl (C=O) groups excluding carboxylic acids is 1. The van der Waals surface area contributed by atoms with Gasteiger partial charge in [0, 0.05) is 24.2 Å². The van der Waals surface area contributed by atoms with E-state index in [1.54, 1.807) is 0 Å². The van der Waals surface area contributed by atoms with Gasteiger partial charge in [-0.2, -0.15) is 0 Å². The number of esters is 1. The Labute approximate surface area is 395 Å². The first kappa shape index (κ1) is 59.2. The summed E-state index contributed by atoms with van der Waals surface area (Å²) in [5.74, 6) is -0.177. The average Bonchev–Trinajstić information content (AvgIpc) is 3.71. The van der Waals surface area contributed by atoms with Crippen LogP contribution in [-0.2, 0) is 36.4 Å². The fourth-order valence-corrected chi connectivity index (χ4v) is 15.3. The first-order valence-corrected chi connectivity index (χ1v) is 43.1. The van der Waals surface area contributed by atoms with E-state index in [-0.39, 0.29) is 54.8 Å². The monoisotopic (exact) mass is 973 g/mol. The summed E-state index contributed by atoms with van der Waals surface area (Å²) >= 11 is 0. The molecule has 8 atom stereocenters. The van der Waals surface area contributed by atoms with E-state index < -0.39 is 41.6 Å². The van der Waals surface area contributed by atoms with Gasteiger partial charge in [-0.3, -0.25) is 0 Å². The first-order valence-electron chi connectivity index (χ1n) is 26.1. The number of cyclic esters (lactones) is 1. The lowest BCUT2D eigenvalue weighted by molar-refractivity contribution is -0.139. The molecule has 2 aliphatic heterocycles. The molecule has 0 N–H and O–H groups in total. The van der Waals surface area contributed by atoms with E-state index in [2.05, 4.69) is 105 Å². The maximum atomic E-state index is 12.4. The lowest BCUT2D eigenvalue weighted by Gasteiger charge is -2.38. The highest BCUT2D eigenvalue weighted by Crippen LogP contribution is 2.34. The minimum absolute atomic E-state index is 0.0608. The maximum absolute atomic E-state index is 12.4. The predicted molar refractivity (Wildman–Crippen MR) is 281 cm³/mol. The molecule has 8 nitrogen and oxygen atoms in total. The summed E-state index contributed by atoms with van der Waals surface area (Å²) in [5.41, 5.74) is 0.779. The number of hydrogen-bond donors (Lipinski definition) is 0. The van der Waals surface area contributed by atoms with Crippen molar-refractivity contribution in [3.8, 4) is 0 Å². The van der Waals surface area contributed by atoms with Crippen LogP contribution in [0.1, 0.15) is 155 Å². The van der Waals surface area contributed by atoms with Crippen molar-refractivity contribution in [2.45, 2.75) is 302 Å². The molecule has 2 heterocycles. The van der Waals surface area contributed by atoms with Crippen LogP contribution in [0, 0.1) is 0 Å². The lowest BCUT2D eigenvalue weighted by Crippen LogP contribution is -2.46. The van der Waals surface area contributed by atoms with Gasteiger partial charge in [0.25, 0.3) is 0 Å². The molecule has 0 spiro atoms. The van der Waals surface area contributed by atoms with Crippen molar-refractivity contribution < 1.29 is 36.4 Å². The Hall–Kier alpha value is 0.0544. The Kier molecular flexibility index (Phi) is 26.8. The summed E-state index contributed by atoms with van der Waals surface area (Å²) < 4.78 is 47.1. The van der Waals surface area contributed by atoms with Crippen molar-refractivity contribution in [2.24, 2.45) is 0 Å². The topological polar surface area (TPSA) is 81.7 Å². The highest BCUT2D eigenvalue weighted by Gasteiger charge is 2.39. The van der Waals surface area contributed by atoms with Gasteiger partial charge in [-0.15, -0.1) is 0 Å². The van der Waals surface area contributed by atoms with Crippen LogP contribution in [0.2, 0.25) is 98.2 Å². The van der Waals surface area contributed by atoms with Crippen LogP contribution in [-0.4, -0.2) is 96.4 Å². The molecule has 0 aliphatic carbocycles. The van der Waals surface area contributed by atoms with Crippen LogP contribution in [0.4, 0.5) is 0 Å². The van der Waals surface area contributed by atoms with Crippen LogP contribution in [0.3, 0.4) is 0 Å². The van der Waals surface area contributed by atoms with Gasteiger partial charge < -0.3 is 31.6 Å². The molecule has 13 heteroatoms. The second-order valence-electron chi connectivity index (χ2n) is 24.3. The van der Waals surface area contributed by atoms with Gasteiger partial charge in [-0.1, -0.05) is 90.4 Å². The zero-order valence-electron chi connectivity index (χ0n) is 44.5. The summed E-state index contributed by atoms with van der Waals surface area (Å²) in [4.78, 5) is 12.4. The molecular weight excluding hydrogens is 869 g/mol. The summed E-state index contributed by atoms with van der Waals surface area (Å²) in [5, 5.41) is 0. The Balaban J connectivity index is 2.06. The van der Waals surface area contributed by atoms with Gasteiger partial charge in [0.2, 0.25) is 0 Å². The Morgan fingerprint density at radius 3 is 1.48 bits per heavy atom. The second kappa shape index (κ2) is 28.5. The summed E-state index contributed by atoms with van der Waals surface area (Å²) in [7, 11) is -9.04.